The van der Waals surface area contributed by atoms with Crippen molar-refractivity contribution in [3.63, 3.8) is 0 Å². The predicted molar refractivity (Wildman–Crippen MR) is 101 cm³/mol. The van der Waals surface area contributed by atoms with Crippen LogP contribution in [-0.4, -0.2) is 20.2 Å². The molecular formula is C17H16BrClFN5O. The third-order valence-corrected chi connectivity index (χ3v) is 4.57. The average molecular weight is 441 g/mol. The number of aryl methyl sites for hydroxylation is 1. The fourth-order valence-electron chi connectivity index (χ4n) is 2.37. The molecule has 0 fully saturated rings. The highest BCUT2D eigenvalue weighted by Crippen LogP contribution is 2.27. The maximum absolute atomic E-state index is 13.9. The third kappa shape index (κ3) is 4.31. The monoisotopic (exact) mass is 439 g/mol. The molecule has 2 aromatic carbocycles. The summed E-state index contributed by atoms with van der Waals surface area (Å²) >= 11 is 9.51. The Kier molecular flexibility index (Phi) is 6.05. The van der Waals surface area contributed by atoms with Gasteiger partial charge in [0.15, 0.2) is 0 Å². The highest BCUT2D eigenvalue weighted by molar-refractivity contribution is 9.10. The van der Waals surface area contributed by atoms with Gasteiger partial charge in [0, 0.05) is 28.7 Å². The van der Waals surface area contributed by atoms with Gasteiger partial charge >= 0.3 is 0 Å². The summed E-state index contributed by atoms with van der Waals surface area (Å²) in [7, 11) is 0. The van der Waals surface area contributed by atoms with Gasteiger partial charge in [-0.1, -0.05) is 38.7 Å². The summed E-state index contributed by atoms with van der Waals surface area (Å²) in [5.41, 5.74) is 1.20. The van der Waals surface area contributed by atoms with Gasteiger partial charge in [0.1, 0.15) is 18.2 Å². The van der Waals surface area contributed by atoms with Crippen molar-refractivity contribution < 1.29 is 9.13 Å². The standard InChI is InChI=1S/C17H16BrClFN5O/c1-2-25-17(22-23-24-25)21-9-11-8-12(18)6-7-16(11)26-10-13-14(19)4-3-5-15(13)20/h3-8H,2,9-10H2,1H3,(H,21,22,24). The molecule has 1 N–H and O–H groups in total. The number of aromatic nitrogens is 4. The molecule has 0 bridgehead atoms. The Balaban J connectivity index is 1.75. The molecule has 1 heterocycles. The van der Waals surface area contributed by atoms with E-state index in [-0.39, 0.29) is 6.61 Å². The van der Waals surface area contributed by atoms with E-state index in [4.69, 9.17) is 16.3 Å². The van der Waals surface area contributed by atoms with Crippen molar-refractivity contribution in [2.24, 2.45) is 0 Å². The van der Waals surface area contributed by atoms with E-state index in [1.165, 1.54) is 6.07 Å². The second-order valence-electron chi connectivity index (χ2n) is 5.41. The van der Waals surface area contributed by atoms with E-state index in [2.05, 4.69) is 36.8 Å². The number of hydrogen-bond donors (Lipinski definition) is 1. The van der Waals surface area contributed by atoms with Crippen molar-refractivity contribution in [3.05, 3.63) is 62.8 Å². The molecule has 0 radical (unpaired) electrons. The summed E-state index contributed by atoms with van der Waals surface area (Å²) in [6, 6.07) is 10.2. The van der Waals surface area contributed by atoms with Gasteiger partial charge in [-0.2, -0.15) is 0 Å². The summed E-state index contributed by atoms with van der Waals surface area (Å²) in [4.78, 5) is 0. The minimum atomic E-state index is -0.392. The molecule has 3 rings (SSSR count). The van der Waals surface area contributed by atoms with Gasteiger partial charge in [0.05, 0.1) is 5.02 Å². The molecule has 0 amide bonds. The highest BCUT2D eigenvalue weighted by Gasteiger charge is 2.11. The molecule has 0 aliphatic rings. The number of rotatable bonds is 7. The molecule has 0 unspecified atom stereocenters. The van der Waals surface area contributed by atoms with Gasteiger partial charge in [0.2, 0.25) is 5.95 Å². The predicted octanol–water partition coefficient (Wildman–Crippen LogP) is 4.44. The van der Waals surface area contributed by atoms with Crippen molar-refractivity contribution in [1.82, 2.24) is 20.2 Å². The van der Waals surface area contributed by atoms with Crippen LogP contribution >= 0.6 is 27.5 Å². The van der Waals surface area contributed by atoms with E-state index >= 15 is 0 Å². The van der Waals surface area contributed by atoms with Crippen molar-refractivity contribution in [2.45, 2.75) is 26.6 Å². The van der Waals surface area contributed by atoms with Crippen molar-refractivity contribution in [3.8, 4) is 5.75 Å². The maximum atomic E-state index is 13.9. The highest BCUT2D eigenvalue weighted by atomic mass is 79.9. The summed E-state index contributed by atoms with van der Waals surface area (Å²) in [6.45, 7) is 3.09. The lowest BCUT2D eigenvalue weighted by Gasteiger charge is -2.14. The van der Waals surface area contributed by atoms with Crippen LogP contribution < -0.4 is 10.1 Å². The number of halogens is 3. The van der Waals surface area contributed by atoms with Crippen LogP contribution in [-0.2, 0) is 19.7 Å². The minimum absolute atomic E-state index is 0.0346. The Hall–Kier alpha value is -2.19. The van der Waals surface area contributed by atoms with Gasteiger partial charge in [-0.15, -0.1) is 0 Å². The van der Waals surface area contributed by atoms with Crippen molar-refractivity contribution in [2.75, 3.05) is 5.32 Å². The van der Waals surface area contributed by atoms with E-state index in [0.717, 1.165) is 10.0 Å². The number of ether oxygens (including phenoxy) is 1. The molecule has 9 heteroatoms. The van der Waals surface area contributed by atoms with Gasteiger partial charge in [0.25, 0.3) is 0 Å². The number of nitrogens with zero attached hydrogens (tertiary/aromatic N) is 4. The largest absolute Gasteiger partial charge is 0.488 e. The van der Waals surface area contributed by atoms with E-state index < -0.39 is 5.82 Å². The first-order valence-corrected chi connectivity index (χ1v) is 9.09. The molecule has 1 aromatic heterocycles. The second-order valence-corrected chi connectivity index (χ2v) is 6.74. The van der Waals surface area contributed by atoms with E-state index in [0.29, 0.717) is 35.4 Å². The lowest BCUT2D eigenvalue weighted by atomic mass is 10.2. The number of anilines is 1. The van der Waals surface area contributed by atoms with Gasteiger partial charge in [-0.05, 0) is 47.7 Å². The summed E-state index contributed by atoms with van der Waals surface area (Å²) in [5.74, 6) is 0.794. The molecule has 0 spiro atoms. The summed E-state index contributed by atoms with van der Waals surface area (Å²) < 4.78 is 22.3. The lowest BCUT2D eigenvalue weighted by molar-refractivity contribution is 0.297. The Labute approximate surface area is 163 Å². The van der Waals surface area contributed by atoms with Crippen molar-refractivity contribution >= 4 is 33.5 Å². The molecule has 0 saturated carbocycles. The third-order valence-electron chi connectivity index (χ3n) is 3.72. The average Bonchev–Trinajstić information content (AvgIpc) is 3.08. The Bertz CT molecular complexity index is 884. The first kappa shape index (κ1) is 18.6. The molecule has 3 aromatic rings. The maximum Gasteiger partial charge on any atom is 0.243 e. The first-order valence-electron chi connectivity index (χ1n) is 7.92. The fraction of sp³-hybridized carbons (Fsp3) is 0.235. The van der Waals surface area contributed by atoms with Gasteiger partial charge < -0.3 is 10.1 Å². The smallest absolute Gasteiger partial charge is 0.243 e. The van der Waals surface area contributed by atoms with Crippen LogP contribution in [0.5, 0.6) is 5.75 Å². The Morgan fingerprint density at radius 3 is 2.92 bits per heavy atom. The second kappa shape index (κ2) is 8.46. The molecule has 0 saturated heterocycles. The summed E-state index contributed by atoms with van der Waals surface area (Å²) in [5, 5.41) is 15.0. The lowest BCUT2D eigenvalue weighted by Crippen LogP contribution is -2.09. The molecular weight excluding hydrogens is 425 g/mol. The van der Waals surface area contributed by atoms with E-state index in [1.807, 2.05) is 25.1 Å². The number of hydrogen-bond acceptors (Lipinski definition) is 5. The van der Waals surface area contributed by atoms with Crippen LogP contribution in [0.25, 0.3) is 0 Å². The Morgan fingerprint density at radius 2 is 2.15 bits per heavy atom. The number of nitrogens with one attached hydrogen (secondary N) is 1. The van der Waals surface area contributed by atoms with Gasteiger partial charge in [-0.3, -0.25) is 0 Å². The Morgan fingerprint density at radius 1 is 1.31 bits per heavy atom. The number of benzene rings is 2. The molecule has 26 heavy (non-hydrogen) atoms. The molecule has 0 aliphatic heterocycles. The van der Waals surface area contributed by atoms with Gasteiger partial charge in [-0.25, -0.2) is 9.07 Å². The van der Waals surface area contributed by atoms with Crippen LogP contribution in [0.1, 0.15) is 18.1 Å². The SMILES string of the molecule is CCn1nnnc1NCc1cc(Br)ccc1OCc1c(F)cccc1Cl. The van der Waals surface area contributed by atoms with Crippen LogP contribution in [0.15, 0.2) is 40.9 Å². The zero-order chi connectivity index (χ0) is 18.5. The van der Waals surface area contributed by atoms with Crippen molar-refractivity contribution in [1.29, 1.82) is 0 Å². The van der Waals surface area contributed by atoms with Crippen LogP contribution in [0.2, 0.25) is 5.02 Å². The van der Waals surface area contributed by atoms with E-state index in [1.54, 1.807) is 16.8 Å². The first-order chi connectivity index (χ1) is 12.6. The van der Waals surface area contributed by atoms with Crippen LogP contribution in [0.4, 0.5) is 10.3 Å². The molecule has 6 nitrogen and oxygen atoms in total. The topological polar surface area (TPSA) is 64.9 Å². The van der Waals surface area contributed by atoms with Crippen LogP contribution in [0, 0.1) is 5.82 Å². The number of tetrazole rings is 1. The fourth-order valence-corrected chi connectivity index (χ4v) is 2.99. The molecule has 0 atom stereocenters. The van der Waals surface area contributed by atoms with E-state index in [9.17, 15) is 4.39 Å². The molecule has 0 aliphatic carbocycles. The molecule has 136 valence electrons. The zero-order valence-electron chi connectivity index (χ0n) is 13.9. The van der Waals surface area contributed by atoms with Crippen LogP contribution in [0.3, 0.4) is 0 Å². The zero-order valence-corrected chi connectivity index (χ0v) is 16.3. The normalized spacial score (nSPS) is 10.8. The quantitative estimate of drug-likeness (QED) is 0.588. The summed E-state index contributed by atoms with van der Waals surface area (Å²) in [6.07, 6.45) is 0. The minimum Gasteiger partial charge on any atom is -0.488 e.